The second-order valence-corrected chi connectivity index (χ2v) is 7.99. The van der Waals surface area contributed by atoms with Gasteiger partial charge in [-0.15, -0.1) is 0 Å². The van der Waals surface area contributed by atoms with E-state index in [0.29, 0.717) is 18.2 Å². The van der Waals surface area contributed by atoms with Crippen LogP contribution in [0.25, 0.3) is 0 Å². The van der Waals surface area contributed by atoms with Gasteiger partial charge in [0.25, 0.3) is 0 Å². The second-order valence-electron chi connectivity index (χ2n) is 7.99. The number of fused-ring (bicyclic) bond motifs is 1. The SMILES string of the molecule is CCCC1CCC(n2ccc3c2CC(C)(C)CC3=O)CC1. The molecular formula is C19H29NO. The molecule has 1 heterocycles. The summed E-state index contributed by atoms with van der Waals surface area (Å²) in [4.78, 5) is 12.3. The fourth-order valence-electron chi connectivity index (χ4n) is 4.43. The highest BCUT2D eigenvalue weighted by Gasteiger charge is 2.34. The van der Waals surface area contributed by atoms with Crippen molar-refractivity contribution in [2.45, 2.75) is 78.2 Å². The van der Waals surface area contributed by atoms with E-state index in [1.54, 1.807) is 0 Å². The zero-order valence-corrected chi connectivity index (χ0v) is 13.8. The van der Waals surface area contributed by atoms with E-state index in [-0.39, 0.29) is 5.41 Å². The van der Waals surface area contributed by atoms with Crippen LogP contribution in [0.2, 0.25) is 0 Å². The quantitative estimate of drug-likeness (QED) is 0.751. The van der Waals surface area contributed by atoms with Gasteiger partial charge >= 0.3 is 0 Å². The third-order valence-corrected chi connectivity index (χ3v) is 5.52. The van der Waals surface area contributed by atoms with Crippen molar-refractivity contribution in [2.24, 2.45) is 11.3 Å². The maximum atomic E-state index is 12.3. The van der Waals surface area contributed by atoms with Crippen LogP contribution in [-0.4, -0.2) is 10.4 Å². The first-order chi connectivity index (χ1) is 10.00. The van der Waals surface area contributed by atoms with E-state index in [2.05, 4.69) is 37.6 Å². The van der Waals surface area contributed by atoms with Crippen LogP contribution in [0.1, 0.15) is 87.8 Å². The first kappa shape index (κ1) is 14.9. The van der Waals surface area contributed by atoms with Crippen LogP contribution in [0.15, 0.2) is 12.3 Å². The molecule has 0 saturated heterocycles. The zero-order chi connectivity index (χ0) is 15.0. The van der Waals surface area contributed by atoms with E-state index in [4.69, 9.17) is 0 Å². The summed E-state index contributed by atoms with van der Waals surface area (Å²) in [5.41, 5.74) is 2.44. The topological polar surface area (TPSA) is 22.0 Å². The lowest BCUT2D eigenvalue weighted by atomic mass is 9.76. The van der Waals surface area contributed by atoms with Crippen molar-refractivity contribution in [3.8, 4) is 0 Å². The van der Waals surface area contributed by atoms with Gasteiger partial charge in [0, 0.05) is 29.9 Å². The molecule has 0 bridgehead atoms. The van der Waals surface area contributed by atoms with Crippen molar-refractivity contribution in [1.29, 1.82) is 0 Å². The van der Waals surface area contributed by atoms with Gasteiger partial charge in [0.2, 0.25) is 0 Å². The minimum Gasteiger partial charge on any atom is -0.348 e. The number of carbonyl (C=O) groups is 1. The molecule has 0 amide bonds. The third kappa shape index (κ3) is 2.95. The Morgan fingerprint density at radius 3 is 2.57 bits per heavy atom. The smallest absolute Gasteiger partial charge is 0.165 e. The fraction of sp³-hybridized carbons (Fsp3) is 0.737. The largest absolute Gasteiger partial charge is 0.348 e. The number of rotatable bonds is 3. The average Bonchev–Trinajstić information content (AvgIpc) is 2.82. The number of ketones is 1. The molecular weight excluding hydrogens is 258 g/mol. The molecule has 0 radical (unpaired) electrons. The standard InChI is InChI=1S/C19H29NO/c1-4-5-14-6-8-15(9-7-14)20-11-10-16-17(20)12-19(2,3)13-18(16)21/h10-11,14-15H,4-9,12-13H2,1-3H3. The lowest BCUT2D eigenvalue weighted by Crippen LogP contribution is -2.29. The molecule has 1 aromatic rings. The van der Waals surface area contributed by atoms with Gasteiger partial charge in [0.1, 0.15) is 0 Å². The van der Waals surface area contributed by atoms with E-state index in [0.717, 1.165) is 17.9 Å². The molecule has 0 unspecified atom stereocenters. The number of aromatic nitrogens is 1. The molecule has 116 valence electrons. The summed E-state index contributed by atoms with van der Waals surface area (Å²) in [6.45, 7) is 6.74. The Morgan fingerprint density at radius 2 is 1.90 bits per heavy atom. The molecule has 0 aromatic carbocycles. The molecule has 3 rings (SSSR count). The Balaban J connectivity index is 1.78. The normalized spacial score (nSPS) is 28.4. The summed E-state index contributed by atoms with van der Waals surface area (Å²) in [7, 11) is 0. The van der Waals surface area contributed by atoms with Gasteiger partial charge in [0.05, 0.1) is 0 Å². The molecule has 2 heteroatoms. The van der Waals surface area contributed by atoms with Crippen LogP contribution in [0.3, 0.4) is 0 Å². The van der Waals surface area contributed by atoms with Gasteiger partial charge in [0.15, 0.2) is 5.78 Å². The van der Waals surface area contributed by atoms with Crippen molar-refractivity contribution in [1.82, 2.24) is 4.57 Å². The average molecular weight is 287 g/mol. The Labute approximate surface area is 128 Å². The minimum absolute atomic E-state index is 0.125. The Kier molecular flexibility index (Phi) is 3.98. The summed E-state index contributed by atoms with van der Waals surface area (Å²) in [6.07, 6.45) is 12.0. The van der Waals surface area contributed by atoms with Crippen molar-refractivity contribution < 1.29 is 4.79 Å². The highest BCUT2D eigenvalue weighted by Crippen LogP contribution is 2.40. The second kappa shape index (κ2) is 5.62. The van der Waals surface area contributed by atoms with E-state index in [1.807, 2.05) is 0 Å². The molecule has 0 N–H and O–H groups in total. The van der Waals surface area contributed by atoms with Crippen molar-refractivity contribution in [3.05, 3.63) is 23.5 Å². The zero-order valence-electron chi connectivity index (χ0n) is 13.8. The monoisotopic (exact) mass is 287 g/mol. The first-order valence-corrected chi connectivity index (χ1v) is 8.73. The molecule has 21 heavy (non-hydrogen) atoms. The van der Waals surface area contributed by atoms with Gasteiger partial charge in [-0.25, -0.2) is 0 Å². The summed E-state index contributed by atoms with van der Waals surface area (Å²) in [6, 6.07) is 2.70. The van der Waals surface area contributed by atoms with E-state index < -0.39 is 0 Å². The Morgan fingerprint density at radius 1 is 1.19 bits per heavy atom. The summed E-state index contributed by atoms with van der Waals surface area (Å²) in [5, 5.41) is 0. The molecule has 1 aromatic heterocycles. The Bertz CT molecular complexity index is 518. The number of hydrogen-bond acceptors (Lipinski definition) is 1. The lowest BCUT2D eigenvalue weighted by Gasteiger charge is -2.34. The maximum Gasteiger partial charge on any atom is 0.165 e. The van der Waals surface area contributed by atoms with Crippen LogP contribution >= 0.6 is 0 Å². The fourth-order valence-corrected chi connectivity index (χ4v) is 4.43. The first-order valence-electron chi connectivity index (χ1n) is 8.73. The molecule has 2 nitrogen and oxygen atoms in total. The van der Waals surface area contributed by atoms with Crippen LogP contribution in [0.4, 0.5) is 0 Å². The third-order valence-electron chi connectivity index (χ3n) is 5.52. The molecule has 1 saturated carbocycles. The van der Waals surface area contributed by atoms with Crippen LogP contribution < -0.4 is 0 Å². The molecule has 0 aliphatic heterocycles. The number of nitrogens with zero attached hydrogens (tertiary/aromatic N) is 1. The van der Waals surface area contributed by atoms with Crippen molar-refractivity contribution in [2.75, 3.05) is 0 Å². The van der Waals surface area contributed by atoms with E-state index >= 15 is 0 Å². The Hall–Kier alpha value is -1.05. The van der Waals surface area contributed by atoms with Gasteiger partial charge in [-0.05, 0) is 49.5 Å². The van der Waals surface area contributed by atoms with E-state index in [1.165, 1.54) is 44.2 Å². The molecule has 2 aliphatic rings. The summed E-state index contributed by atoms with van der Waals surface area (Å²) >= 11 is 0. The molecule has 0 atom stereocenters. The number of Topliss-reactive ketones (excluding diaryl/α,β-unsaturated/α-hetero) is 1. The highest BCUT2D eigenvalue weighted by atomic mass is 16.1. The van der Waals surface area contributed by atoms with Gasteiger partial charge in [-0.3, -0.25) is 4.79 Å². The van der Waals surface area contributed by atoms with Gasteiger partial charge < -0.3 is 4.57 Å². The van der Waals surface area contributed by atoms with Crippen LogP contribution in [0.5, 0.6) is 0 Å². The minimum atomic E-state index is 0.125. The maximum absolute atomic E-state index is 12.3. The summed E-state index contributed by atoms with van der Waals surface area (Å²) in [5.74, 6) is 1.29. The summed E-state index contributed by atoms with van der Waals surface area (Å²) < 4.78 is 2.45. The molecule has 0 spiro atoms. The number of hydrogen-bond donors (Lipinski definition) is 0. The molecule has 1 fully saturated rings. The van der Waals surface area contributed by atoms with Crippen molar-refractivity contribution in [3.63, 3.8) is 0 Å². The highest BCUT2D eigenvalue weighted by molar-refractivity contribution is 5.98. The van der Waals surface area contributed by atoms with Gasteiger partial charge in [-0.1, -0.05) is 33.6 Å². The van der Waals surface area contributed by atoms with Crippen molar-refractivity contribution >= 4 is 5.78 Å². The molecule has 2 aliphatic carbocycles. The van der Waals surface area contributed by atoms with Gasteiger partial charge in [-0.2, -0.15) is 0 Å². The predicted octanol–water partition coefficient (Wildman–Crippen LogP) is 5.17. The predicted molar refractivity (Wildman–Crippen MR) is 86.8 cm³/mol. The lowest BCUT2D eigenvalue weighted by molar-refractivity contribution is 0.0908. The van der Waals surface area contributed by atoms with E-state index in [9.17, 15) is 4.79 Å². The number of carbonyl (C=O) groups excluding carboxylic acids is 1. The van der Waals surface area contributed by atoms with Crippen LogP contribution in [0, 0.1) is 11.3 Å². The van der Waals surface area contributed by atoms with Crippen LogP contribution in [-0.2, 0) is 6.42 Å².